The van der Waals surface area contributed by atoms with Crippen LogP contribution in [0.2, 0.25) is 5.02 Å². The fraction of sp³-hybridized carbons (Fsp3) is 0.650. The van der Waals surface area contributed by atoms with Gasteiger partial charge in [0.05, 0.1) is 19.3 Å². The van der Waals surface area contributed by atoms with Crippen molar-refractivity contribution in [1.82, 2.24) is 10.2 Å². The smallest absolute Gasteiger partial charge is 0.194 e. The molecule has 1 aromatic rings. The van der Waals surface area contributed by atoms with E-state index in [1.165, 1.54) is 0 Å². The van der Waals surface area contributed by atoms with Gasteiger partial charge in [-0.05, 0) is 44.9 Å². The van der Waals surface area contributed by atoms with Crippen LogP contribution in [-0.4, -0.2) is 68.6 Å². The lowest BCUT2D eigenvalue weighted by atomic mass is 10.1. The zero-order valence-corrected chi connectivity index (χ0v) is 19.7. The third-order valence-electron chi connectivity index (χ3n) is 4.74. The number of benzene rings is 1. The molecule has 2 fully saturated rings. The van der Waals surface area contributed by atoms with Crippen LogP contribution in [0.3, 0.4) is 0 Å². The summed E-state index contributed by atoms with van der Waals surface area (Å²) in [7, 11) is 0. The Morgan fingerprint density at radius 1 is 1.36 bits per heavy atom. The minimum Gasteiger partial charge on any atom is -0.489 e. The zero-order valence-electron chi connectivity index (χ0n) is 16.6. The van der Waals surface area contributed by atoms with Crippen LogP contribution in [0.1, 0.15) is 26.7 Å². The van der Waals surface area contributed by atoms with E-state index < -0.39 is 0 Å². The molecule has 28 heavy (non-hydrogen) atoms. The molecule has 0 saturated carbocycles. The predicted octanol–water partition coefficient (Wildman–Crippen LogP) is 3.57. The quantitative estimate of drug-likeness (QED) is 0.351. The number of rotatable bonds is 6. The molecule has 0 aromatic heterocycles. The van der Waals surface area contributed by atoms with Crippen molar-refractivity contribution in [3.63, 3.8) is 0 Å². The molecule has 2 saturated heterocycles. The molecule has 6 nitrogen and oxygen atoms in total. The summed E-state index contributed by atoms with van der Waals surface area (Å²) in [6, 6.07) is 7.45. The topological polar surface area (TPSA) is 55.3 Å². The Balaban J connectivity index is 0.00000280. The van der Waals surface area contributed by atoms with E-state index in [9.17, 15) is 0 Å². The van der Waals surface area contributed by atoms with Crippen molar-refractivity contribution in [3.8, 4) is 5.75 Å². The molecule has 3 rings (SSSR count). The molecular formula is C20H31ClIN3O3. The molecule has 0 aliphatic carbocycles. The summed E-state index contributed by atoms with van der Waals surface area (Å²) in [6.45, 7) is 8.67. The molecule has 0 spiro atoms. The third kappa shape index (κ3) is 6.93. The van der Waals surface area contributed by atoms with E-state index in [2.05, 4.69) is 17.1 Å². The second kappa shape index (κ2) is 12.0. The van der Waals surface area contributed by atoms with Gasteiger partial charge in [-0.3, -0.25) is 0 Å². The minimum absolute atomic E-state index is 0. The minimum atomic E-state index is -0.0490. The Morgan fingerprint density at radius 3 is 2.89 bits per heavy atom. The number of hydrogen-bond donors (Lipinski definition) is 1. The summed E-state index contributed by atoms with van der Waals surface area (Å²) < 4.78 is 17.7. The highest BCUT2D eigenvalue weighted by Crippen LogP contribution is 2.21. The van der Waals surface area contributed by atoms with E-state index in [0.29, 0.717) is 18.2 Å². The zero-order chi connectivity index (χ0) is 19.1. The standard InChI is InChI=1S/C20H30ClN3O3.HI/c1-3-22-20(23-13-15(2)27-17-7-4-6-16(21)12-17)24-9-11-26-19(14-24)18-8-5-10-25-18;/h4,6-7,12,15,18-19H,3,5,8-11,13-14H2,1-2H3,(H,22,23);1H. The Labute approximate surface area is 190 Å². The van der Waals surface area contributed by atoms with E-state index in [4.69, 9.17) is 30.8 Å². The number of aliphatic imine (C=N–C) groups is 1. The summed E-state index contributed by atoms with van der Waals surface area (Å²) >= 11 is 6.02. The highest BCUT2D eigenvalue weighted by Gasteiger charge is 2.32. The maximum Gasteiger partial charge on any atom is 0.194 e. The van der Waals surface area contributed by atoms with Crippen LogP contribution in [-0.2, 0) is 9.47 Å². The maximum atomic E-state index is 6.02. The molecule has 1 N–H and O–H groups in total. The lowest BCUT2D eigenvalue weighted by molar-refractivity contribution is -0.0817. The van der Waals surface area contributed by atoms with Gasteiger partial charge in [-0.15, -0.1) is 24.0 Å². The van der Waals surface area contributed by atoms with Crippen molar-refractivity contribution in [2.24, 2.45) is 4.99 Å². The molecule has 2 aliphatic heterocycles. The summed E-state index contributed by atoms with van der Waals surface area (Å²) in [4.78, 5) is 7.06. The number of ether oxygens (including phenoxy) is 3. The molecule has 158 valence electrons. The van der Waals surface area contributed by atoms with Crippen LogP contribution in [0.4, 0.5) is 0 Å². The maximum absolute atomic E-state index is 6.02. The van der Waals surface area contributed by atoms with E-state index in [1.807, 2.05) is 31.2 Å². The molecule has 3 atom stereocenters. The first-order valence-electron chi connectivity index (χ1n) is 9.84. The van der Waals surface area contributed by atoms with Gasteiger partial charge in [-0.1, -0.05) is 17.7 Å². The fourth-order valence-electron chi connectivity index (χ4n) is 3.44. The Kier molecular flexibility index (Phi) is 10.1. The molecule has 1 aromatic carbocycles. The van der Waals surface area contributed by atoms with E-state index >= 15 is 0 Å². The second-order valence-electron chi connectivity index (χ2n) is 6.99. The first kappa shape index (κ1) is 23.5. The first-order valence-corrected chi connectivity index (χ1v) is 10.2. The number of nitrogens with one attached hydrogen (secondary N) is 1. The van der Waals surface area contributed by atoms with Crippen LogP contribution in [0.5, 0.6) is 5.75 Å². The molecule has 2 aliphatic rings. The van der Waals surface area contributed by atoms with E-state index in [0.717, 1.165) is 50.8 Å². The van der Waals surface area contributed by atoms with Gasteiger partial charge in [0.15, 0.2) is 5.96 Å². The summed E-state index contributed by atoms with van der Waals surface area (Å²) in [5.74, 6) is 1.67. The van der Waals surface area contributed by atoms with Gasteiger partial charge in [-0.25, -0.2) is 4.99 Å². The molecular weight excluding hydrogens is 493 g/mol. The normalized spacial score (nSPS) is 23.8. The van der Waals surface area contributed by atoms with Gasteiger partial charge >= 0.3 is 0 Å². The van der Waals surface area contributed by atoms with E-state index in [1.54, 1.807) is 0 Å². The van der Waals surface area contributed by atoms with Crippen LogP contribution < -0.4 is 10.1 Å². The highest BCUT2D eigenvalue weighted by molar-refractivity contribution is 14.0. The summed E-state index contributed by atoms with van der Waals surface area (Å²) in [6.07, 6.45) is 2.48. The second-order valence-corrected chi connectivity index (χ2v) is 7.42. The number of nitrogens with zero attached hydrogens (tertiary/aromatic N) is 2. The molecule has 0 bridgehead atoms. The van der Waals surface area contributed by atoms with Crippen LogP contribution in [0.15, 0.2) is 29.3 Å². The number of hydrogen-bond acceptors (Lipinski definition) is 4. The van der Waals surface area contributed by atoms with Crippen molar-refractivity contribution < 1.29 is 14.2 Å². The number of morpholine rings is 1. The Morgan fingerprint density at radius 2 is 2.18 bits per heavy atom. The SMILES string of the molecule is CCNC(=NCC(C)Oc1cccc(Cl)c1)N1CCOC(C2CCCO2)C1.I. The average molecular weight is 524 g/mol. The summed E-state index contributed by atoms with van der Waals surface area (Å²) in [5, 5.41) is 4.07. The van der Waals surface area contributed by atoms with Gasteiger partial charge in [0, 0.05) is 31.3 Å². The lowest BCUT2D eigenvalue weighted by Gasteiger charge is -2.37. The molecule has 2 heterocycles. The molecule has 3 unspecified atom stereocenters. The molecule has 8 heteroatoms. The average Bonchev–Trinajstić information content (AvgIpc) is 3.20. The lowest BCUT2D eigenvalue weighted by Crippen LogP contribution is -2.53. The Bertz CT molecular complexity index is 628. The molecule has 0 amide bonds. The monoisotopic (exact) mass is 523 g/mol. The van der Waals surface area contributed by atoms with Crippen LogP contribution >= 0.6 is 35.6 Å². The van der Waals surface area contributed by atoms with Gasteiger partial charge in [0.2, 0.25) is 0 Å². The molecule has 0 radical (unpaired) electrons. The Hall–Kier alpha value is -0.770. The first-order chi connectivity index (χ1) is 13.2. The third-order valence-corrected chi connectivity index (χ3v) is 4.97. The van der Waals surface area contributed by atoms with Gasteiger partial charge in [-0.2, -0.15) is 0 Å². The van der Waals surface area contributed by atoms with Crippen molar-refractivity contribution >= 4 is 41.5 Å². The number of halogens is 2. The van der Waals surface area contributed by atoms with Crippen LogP contribution in [0, 0.1) is 0 Å². The van der Waals surface area contributed by atoms with Crippen molar-refractivity contribution in [2.45, 2.75) is 45.0 Å². The predicted molar refractivity (Wildman–Crippen MR) is 123 cm³/mol. The van der Waals surface area contributed by atoms with Crippen molar-refractivity contribution in [2.75, 3.05) is 39.4 Å². The van der Waals surface area contributed by atoms with Gasteiger partial charge in [0.1, 0.15) is 18.0 Å². The van der Waals surface area contributed by atoms with Crippen LogP contribution in [0.25, 0.3) is 0 Å². The van der Waals surface area contributed by atoms with E-state index in [-0.39, 0.29) is 42.3 Å². The van der Waals surface area contributed by atoms with Gasteiger partial charge < -0.3 is 24.4 Å². The largest absolute Gasteiger partial charge is 0.489 e. The van der Waals surface area contributed by atoms with Crippen molar-refractivity contribution in [1.29, 1.82) is 0 Å². The van der Waals surface area contributed by atoms with Gasteiger partial charge in [0.25, 0.3) is 0 Å². The highest BCUT2D eigenvalue weighted by atomic mass is 127. The van der Waals surface area contributed by atoms with Crippen molar-refractivity contribution in [3.05, 3.63) is 29.3 Å². The number of guanidine groups is 1. The fourth-order valence-corrected chi connectivity index (χ4v) is 3.62. The summed E-state index contributed by atoms with van der Waals surface area (Å²) in [5.41, 5.74) is 0.